The van der Waals surface area contributed by atoms with Crippen molar-refractivity contribution in [2.45, 2.75) is 24.8 Å². The van der Waals surface area contributed by atoms with Crippen molar-refractivity contribution in [2.75, 3.05) is 27.8 Å². The lowest BCUT2D eigenvalue weighted by Crippen LogP contribution is -2.30. The summed E-state index contributed by atoms with van der Waals surface area (Å²) in [6, 6.07) is 15.2. The van der Waals surface area contributed by atoms with Crippen LogP contribution in [0.2, 0.25) is 0 Å². The molecule has 29 heavy (non-hydrogen) atoms. The number of aldehydes is 1. The molecule has 1 amide bonds. The summed E-state index contributed by atoms with van der Waals surface area (Å²) in [6.07, 6.45) is 5.90. The number of nitrogens with two attached hydrogens (primary N) is 1. The highest BCUT2D eigenvalue weighted by Crippen LogP contribution is 2.32. The highest BCUT2D eigenvalue weighted by atomic mass is 16.5. The molecule has 0 saturated carbocycles. The molecule has 2 N–H and O–H groups in total. The van der Waals surface area contributed by atoms with E-state index in [1.165, 1.54) is 5.56 Å². The number of allylic oxidation sites excluding steroid dienone is 1. The van der Waals surface area contributed by atoms with Crippen LogP contribution in [0, 0.1) is 0 Å². The first-order valence-electron chi connectivity index (χ1n) is 9.69. The van der Waals surface area contributed by atoms with Gasteiger partial charge in [-0.05, 0) is 49.7 Å². The normalized spacial score (nSPS) is 13.5. The van der Waals surface area contributed by atoms with E-state index >= 15 is 0 Å². The molecule has 5 heteroatoms. The molecule has 0 aliphatic rings. The summed E-state index contributed by atoms with van der Waals surface area (Å²) < 4.78 is 5.17. The molecule has 154 valence electrons. The van der Waals surface area contributed by atoms with E-state index in [0.29, 0.717) is 30.6 Å². The van der Waals surface area contributed by atoms with Gasteiger partial charge in [0.15, 0.2) is 0 Å². The number of carbonyl (C=O) groups is 2. The number of methoxy groups -OCH3 is 1. The zero-order chi connectivity index (χ0) is 21.3. The fraction of sp³-hybridized carbons (Fsp3) is 0.333. The summed E-state index contributed by atoms with van der Waals surface area (Å²) in [5.74, 6) is -0.542. The molecule has 0 bridgehead atoms. The van der Waals surface area contributed by atoms with Gasteiger partial charge in [0.05, 0.1) is 5.41 Å². The lowest BCUT2D eigenvalue weighted by atomic mass is 9.75. The minimum atomic E-state index is -0.952. The number of hydrogen-bond acceptors (Lipinski definition) is 4. The van der Waals surface area contributed by atoms with Gasteiger partial charge in [-0.15, -0.1) is 0 Å². The third-order valence-corrected chi connectivity index (χ3v) is 4.89. The van der Waals surface area contributed by atoms with Gasteiger partial charge in [-0.3, -0.25) is 4.79 Å². The van der Waals surface area contributed by atoms with Crippen molar-refractivity contribution in [3.05, 3.63) is 76.9 Å². The molecule has 0 heterocycles. The third kappa shape index (κ3) is 6.11. The molecule has 2 rings (SSSR count). The lowest BCUT2D eigenvalue weighted by molar-refractivity contribution is -0.111. The van der Waals surface area contributed by atoms with Gasteiger partial charge in [0.1, 0.15) is 6.29 Å². The first-order valence-corrected chi connectivity index (χ1v) is 9.69. The second-order valence-corrected chi connectivity index (χ2v) is 7.48. The van der Waals surface area contributed by atoms with Crippen LogP contribution in [-0.4, -0.2) is 44.9 Å². The first-order chi connectivity index (χ1) is 13.9. The topological polar surface area (TPSA) is 72.6 Å². The Balaban J connectivity index is 2.41. The fourth-order valence-corrected chi connectivity index (χ4v) is 3.43. The van der Waals surface area contributed by atoms with Gasteiger partial charge in [0, 0.05) is 25.8 Å². The van der Waals surface area contributed by atoms with Crippen LogP contribution < -0.4 is 5.73 Å². The second-order valence-electron chi connectivity index (χ2n) is 7.48. The van der Waals surface area contributed by atoms with Crippen molar-refractivity contribution in [1.29, 1.82) is 0 Å². The highest BCUT2D eigenvalue weighted by Gasteiger charge is 2.32. The van der Waals surface area contributed by atoms with Gasteiger partial charge in [-0.2, -0.15) is 0 Å². The summed E-state index contributed by atoms with van der Waals surface area (Å²) in [4.78, 5) is 26.4. The summed E-state index contributed by atoms with van der Waals surface area (Å²) in [5.41, 5.74) is 7.82. The Labute approximate surface area is 173 Å². The number of nitrogens with zero attached hydrogens (tertiary/aromatic N) is 1. The molecule has 2 aromatic rings. The standard InChI is InChI=1S/C24H30N2O3/c1-26(2)17-20-11-9-19(10-12-20)13-15-24(18-27,14-6-16-29-3)22-8-5-4-7-21(22)23(25)28/h4-5,7-13,15,18H,6,14,16-17H2,1-3H3,(H2,25,28). The Bertz CT molecular complexity index is 843. The molecule has 5 nitrogen and oxygen atoms in total. The van der Waals surface area contributed by atoms with E-state index in [4.69, 9.17) is 10.5 Å². The van der Waals surface area contributed by atoms with Crippen molar-refractivity contribution in [2.24, 2.45) is 5.73 Å². The predicted octanol–water partition coefficient (Wildman–Crippen LogP) is 3.42. The van der Waals surface area contributed by atoms with E-state index in [0.717, 1.165) is 18.4 Å². The van der Waals surface area contributed by atoms with Crippen LogP contribution in [0.5, 0.6) is 0 Å². The Hall–Kier alpha value is -2.76. The number of hydrogen-bond donors (Lipinski definition) is 1. The molecular weight excluding hydrogens is 364 g/mol. The molecule has 0 saturated heterocycles. The first kappa shape index (κ1) is 22.5. The minimum Gasteiger partial charge on any atom is -0.385 e. The van der Waals surface area contributed by atoms with Crippen molar-refractivity contribution in [3.8, 4) is 0 Å². The van der Waals surface area contributed by atoms with E-state index in [1.54, 1.807) is 25.3 Å². The highest BCUT2D eigenvalue weighted by molar-refractivity contribution is 5.96. The molecule has 0 radical (unpaired) electrons. The maximum Gasteiger partial charge on any atom is 0.249 e. The Morgan fingerprint density at radius 2 is 1.83 bits per heavy atom. The van der Waals surface area contributed by atoms with E-state index in [2.05, 4.69) is 17.0 Å². The molecular formula is C24H30N2O3. The number of carbonyl (C=O) groups excluding carboxylic acids is 2. The van der Waals surface area contributed by atoms with Gasteiger partial charge in [0.25, 0.3) is 0 Å². The largest absolute Gasteiger partial charge is 0.385 e. The lowest BCUT2D eigenvalue weighted by Gasteiger charge is -2.27. The molecule has 0 spiro atoms. The smallest absolute Gasteiger partial charge is 0.249 e. The van der Waals surface area contributed by atoms with Crippen LogP contribution in [0.4, 0.5) is 0 Å². The summed E-state index contributed by atoms with van der Waals surface area (Å²) in [5, 5.41) is 0. The molecule has 0 fully saturated rings. The molecule has 1 atom stereocenters. The van der Waals surface area contributed by atoms with Crippen molar-refractivity contribution in [3.63, 3.8) is 0 Å². The SMILES string of the molecule is COCCCC(C=O)(C=Cc1ccc(CN(C)C)cc1)c1ccccc1C(N)=O. The maximum absolute atomic E-state index is 12.3. The zero-order valence-corrected chi connectivity index (χ0v) is 17.4. The number of ether oxygens (including phenoxy) is 1. The maximum atomic E-state index is 12.3. The molecule has 2 aromatic carbocycles. The Morgan fingerprint density at radius 3 is 2.41 bits per heavy atom. The predicted molar refractivity (Wildman–Crippen MR) is 117 cm³/mol. The fourth-order valence-electron chi connectivity index (χ4n) is 3.43. The molecule has 0 aliphatic carbocycles. The van der Waals surface area contributed by atoms with E-state index in [1.807, 2.05) is 44.4 Å². The van der Waals surface area contributed by atoms with E-state index in [9.17, 15) is 9.59 Å². The minimum absolute atomic E-state index is 0.364. The van der Waals surface area contributed by atoms with Crippen LogP contribution in [0.15, 0.2) is 54.6 Å². The van der Waals surface area contributed by atoms with E-state index < -0.39 is 11.3 Å². The Morgan fingerprint density at radius 1 is 1.14 bits per heavy atom. The summed E-state index contributed by atoms with van der Waals surface area (Å²) >= 11 is 0. The monoisotopic (exact) mass is 394 g/mol. The molecule has 0 aromatic heterocycles. The molecule has 1 unspecified atom stereocenters. The van der Waals surface area contributed by atoms with Crippen LogP contribution in [0.3, 0.4) is 0 Å². The number of rotatable bonds is 11. The summed E-state index contributed by atoms with van der Waals surface area (Å²) in [6.45, 7) is 1.40. The quantitative estimate of drug-likeness (QED) is 0.468. The van der Waals surface area contributed by atoms with Crippen LogP contribution in [0.1, 0.15) is 39.9 Å². The van der Waals surface area contributed by atoms with Crippen LogP contribution >= 0.6 is 0 Å². The van der Waals surface area contributed by atoms with Crippen molar-refractivity contribution < 1.29 is 14.3 Å². The second kappa shape index (κ2) is 10.7. The van der Waals surface area contributed by atoms with E-state index in [-0.39, 0.29) is 0 Å². The van der Waals surface area contributed by atoms with Gasteiger partial charge in [-0.1, -0.05) is 54.6 Å². The van der Waals surface area contributed by atoms with Crippen LogP contribution in [-0.2, 0) is 21.5 Å². The van der Waals surface area contributed by atoms with Gasteiger partial charge >= 0.3 is 0 Å². The van der Waals surface area contributed by atoms with Gasteiger partial charge in [0.2, 0.25) is 5.91 Å². The zero-order valence-electron chi connectivity index (χ0n) is 17.4. The van der Waals surface area contributed by atoms with Crippen molar-refractivity contribution >= 4 is 18.3 Å². The van der Waals surface area contributed by atoms with Crippen molar-refractivity contribution in [1.82, 2.24) is 4.90 Å². The number of primary amides is 1. The van der Waals surface area contributed by atoms with Gasteiger partial charge < -0.3 is 20.2 Å². The number of benzene rings is 2. The van der Waals surface area contributed by atoms with Gasteiger partial charge in [-0.25, -0.2) is 0 Å². The molecule has 0 aliphatic heterocycles. The third-order valence-electron chi connectivity index (χ3n) is 4.89. The Kier molecular flexibility index (Phi) is 8.31. The number of amides is 1. The average Bonchev–Trinajstić information content (AvgIpc) is 2.71. The van der Waals surface area contributed by atoms with Crippen LogP contribution in [0.25, 0.3) is 6.08 Å². The average molecular weight is 395 g/mol. The summed E-state index contributed by atoms with van der Waals surface area (Å²) in [7, 11) is 5.69.